The van der Waals surface area contributed by atoms with Crippen LogP contribution in [-0.4, -0.2) is 25.7 Å². The molecule has 1 N–H and O–H groups in total. The lowest BCUT2D eigenvalue weighted by Crippen LogP contribution is -2.29. The van der Waals surface area contributed by atoms with E-state index < -0.39 is 0 Å². The Morgan fingerprint density at radius 3 is 2.16 bits per heavy atom. The van der Waals surface area contributed by atoms with Gasteiger partial charge in [-0.3, -0.25) is 0 Å². The molecular formula is C20H26ClNO3. The van der Waals surface area contributed by atoms with Gasteiger partial charge in [-0.05, 0) is 30.2 Å². The van der Waals surface area contributed by atoms with Crippen LogP contribution in [0.25, 0.3) is 0 Å². The van der Waals surface area contributed by atoms with E-state index in [0.29, 0.717) is 18.2 Å². The van der Waals surface area contributed by atoms with E-state index in [0.717, 1.165) is 12.1 Å². The number of halogens is 1. The number of benzene rings is 2. The van der Waals surface area contributed by atoms with Crippen LogP contribution in [0.5, 0.6) is 5.75 Å². The summed E-state index contributed by atoms with van der Waals surface area (Å²) < 4.78 is 11.1. The Hall–Kier alpha value is -2.04. The number of para-hydroxylation sites is 1. The largest absolute Gasteiger partial charge is 0.482 e. The molecule has 0 heterocycles. The van der Waals surface area contributed by atoms with Crippen molar-refractivity contribution in [1.29, 1.82) is 0 Å². The molecule has 1 atom stereocenters. The first-order valence-corrected chi connectivity index (χ1v) is 8.28. The summed E-state index contributed by atoms with van der Waals surface area (Å²) >= 11 is 0. The van der Waals surface area contributed by atoms with Crippen LogP contribution in [0.1, 0.15) is 25.5 Å². The predicted molar refractivity (Wildman–Crippen MR) is 102 cm³/mol. The standard InChI is InChI=1S/C20H25NO3.ClH/c1-16(2)13-21-14-19(17-9-5-3-6-10-17)24-20(22)15-23-18-11-7-4-8-12-18;/h3-12,16,19,21H,13-15H2,1-2H3;1H. The summed E-state index contributed by atoms with van der Waals surface area (Å²) in [6, 6.07) is 19.0. The molecule has 0 aromatic heterocycles. The molecule has 2 rings (SSSR count). The Bertz CT molecular complexity index is 605. The first-order valence-electron chi connectivity index (χ1n) is 8.28. The van der Waals surface area contributed by atoms with Crippen LogP contribution < -0.4 is 10.1 Å². The average Bonchev–Trinajstić information content (AvgIpc) is 2.60. The number of nitrogens with one attached hydrogen (secondary N) is 1. The highest BCUT2D eigenvalue weighted by molar-refractivity contribution is 5.85. The van der Waals surface area contributed by atoms with E-state index in [1.807, 2.05) is 60.7 Å². The number of esters is 1. The third-order valence-electron chi connectivity index (χ3n) is 3.43. The van der Waals surface area contributed by atoms with E-state index >= 15 is 0 Å². The quantitative estimate of drug-likeness (QED) is 0.683. The summed E-state index contributed by atoms with van der Waals surface area (Å²) in [5, 5.41) is 3.34. The fraction of sp³-hybridized carbons (Fsp3) is 0.350. The predicted octanol–water partition coefficient (Wildman–Crippen LogP) is 4.02. The fourth-order valence-corrected chi connectivity index (χ4v) is 2.25. The number of rotatable bonds is 9. The van der Waals surface area contributed by atoms with Crippen LogP contribution in [-0.2, 0) is 9.53 Å². The summed E-state index contributed by atoms with van der Waals surface area (Å²) in [4.78, 5) is 12.1. The molecule has 4 nitrogen and oxygen atoms in total. The van der Waals surface area contributed by atoms with Gasteiger partial charge in [-0.15, -0.1) is 12.4 Å². The minimum atomic E-state index is -0.376. The molecule has 0 radical (unpaired) electrons. The minimum Gasteiger partial charge on any atom is -0.482 e. The summed E-state index contributed by atoms with van der Waals surface area (Å²) in [6.07, 6.45) is -0.322. The molecule has 25 heavy (non-hydrogen) atoms. The zero-order chi connectivity index (χ0) is 17.2. The molecule has 2 aromatic rings. The monoisotopic (exact) mass is 363 g/mol. The second kappa shape index (κ2) is 11.5. The van der Waals surface area contributed by atoms with Gasteiger partial charge in [0.1, 0.15) is 11.9 Å². The second-order valence-corrected chi connectivity index (χ2v) is 6.04. The normalized spacial score (nSPS) is 11.5. The SMILES string of the molecule is CC(C)CNCC(OC(=O)COc1ccccc1)c1ccccc1.Cl. The Balaban J connectivity index is 0.00000312. The van der Waals surface area contributed by atoms with Gasteiger partial charge in [0.15, 0.2) is 6.61 Å². The summed E-state index contributed by atoms with van der Waals surface area (Å²) in [5.74, 6) is 0.821. The zero-order valence-corrected chi connectivity index (χ0v) is 15.5. The number of hydrogen-bond donors (Lipinski definition) is 1. The van der Waals surface area contributed by atoms with Crippen LogP contribution in [0.15, 0.2) is 60.7 Å². The first kappa shape index (κ1) is 21.0. The van der Waals surface area contributed by atoms with Gasteiger partial charge in [-0.2, -0.15) is 0 Å². The van der Waals surface area contributed by atoms with E-state index in [4.69, 9.17) is 9.47 Å². The lowest BCUT2D eigenvalue weighted by Gasteiger charge is -2.20. The van der Waals surface area contributed by atoms with E-state index in [9.17, 15) is 4.79 Å². The van der Waals surface area contributed by atoms with Crippen molar-refractivity contribution in [3.05, 3.63) is 66.2 Å². The molecule has 0 amide bonds. The van der Waals surface area contributed by atoms with Crippen molar-refractivity contribution >= 4 is 18.4 Å². The third kappa shape index (κ3) is 8.05. The molecule has 136 valence electrons. The smallest absolute Gasteiger partial charge is 0.344 e. The highest BCUT2D eigenvalue weighted by Crippen LogP contribution is 2.17. The highest BCUT2D eigenvalue weighted by Gasteiger charge is 2.17. The number of hydrogen-bond acceptors (Lipinski definition) is 4. The molecule has 0 saturated heterocycles. The van der Waals surface area contributed by atoms with Gasteiger partial charge in [0.05, 0.1) is 0 Å². The van der Waals surface area contributed by atoms with Crippen molar-refractivity contribution in [2.45, 2.75) is 20.0 Å². The van der Waals surface area contributed by atoms with Crippen molar-refractivity contribution in [3.8, 4) is 5.75 Å². The maximum atomic E-state index is 12.1. The Kier molecular flexibility index (Phi) is 9.66. The molecule has 2 aromatic carbocycles. The highest BCUT2D eigenvalue weighted by atomic mass is 35.5. The molecule has 0 aliphatic rings. The molecule has 0 aliphatic heterocycles. The third-order valence-corrected chi connectivity index (χ3v) is 3.43. The van der Waals surface area contributed by atoms with Gasteiger partial charge < -0.3 is 14.8 Å². The van der Waals surface area contributed by atoms with Crippen LogP contribution in [0.4, 0.5) is 0 Å². The Labute approximate surface area is 155 Å². The first-order chi connectivity index (χ1) is 11.6. The number of ether oxygens (including phenoxy) is 2. The van der Waals surface area contributed by atoms with Crippen molar-refractivity contribution < 1.29 is 14.3 Å². The van der Waals surface area contributed by atoms with E-state index in [1.54, 1.807) is 0 Å². The van der Waals surface area contributed by atoms with Gasteiger partial charge in [-0.25, -0.2) is 4.79 Å². The second-order valence-electron chi connectivity index (χ2n) is 6.04. The number of carbonyl (C=O) groups is 1. The van der Waals surface area contributed by atoms with E-state index in [1.165, 1.54) is 0 Å². The Morgan fingerprint density at radius 1 is 0.960 bits per heavy atom. The van der Waals surface area contributed by atoms with Crippen LogP contribution >= 0.6 is 12.4 Å². The molecule has 0 saturated carbocycles. The molecular weight excluding hydrogens is 338 g/mol. The molecule has 5 heteroatoms. The maximum absolute atomic E-state index is 12.1. The van der Waals surface area contributed by atoms with E-state index in [-0.39, 0.29) is 31.1 Å². The summed E-state index contributed by atoms with van der Waals surface area (Å²) in [7, 11) is 0. The molecule has 0 spiro atoms. The summed E-state index contributed by atoms with van der Waals surface area (Å²) in [6.45, 7) is 5.65. The van der Waals surface area contributed by atoms with Crippen LogP contribution in [0.2, 0.25) is 0 Å². The van der Waals surface area contributed by atoms with Crippen molar-refractivity contribution in [1.82, 2.24) is 5.32 Å². The lowest BCUT2D eigenvalue weighted by molar-refractivity contribution is -0.151. The Morgan fingerprint density at radius 2 is 1.56 bits per heavy atom. The van der Waals surface area contributed by atoms with Gasteiger partial charge in [0, 0.05) is 6.54 Å². The van der Waals surface area contributed by atoms with Gasteiger partial charge >= 0.3 is 5.97 Å². The van der Waals surface area contributed by atoms with Crippen LogP contribution in [0, 0.1) is 5.92 Å². The molecule has 0 aliphatic carbocycles. The van der Waals surface area contributed by atoms with Crippen LogP contribution in [0.3, 0.4) is 0 Å². The molecule has 1 unspecified atom stereocenters. The fourth-order valence-electron chi connectivity index (χ4n) is 2.25. The van der Waals surface area contributed by atoms with Crippen molar-refractivity contribution in [2.24, 2.45) is 5.92 Å². The van der Waals surface area contributed by atoms with Gasteiger partial charge in [0.2, 0.25) is 0 Å². The lowest BCUT2D eigenvalue weighted by atomic mass is 10.1. The summed E-state index contributed by atoms with van der Waals surface area (Å²) in [5.41, 5.74) is 0.974. The van der Waals surface area contributed by atoms with Crippen molar-refractivity contribution in [2.75, 3.05) is 19.7 Å². The maximum Gasteiger partial charge on any atom is 0.344 e. The average molecular weight is 364 g/mol. The number of carbonyl (C=O) groups excluding carboxylic acids is 1. The van der Waals surface area contributed by atoms with Gasteiger partial charge in [-0.1, -0.05) is 62.4 Å². The zero-order valence-electron chi connectivity index (χ0n) is 14.7. The molecule has 0 bridgehead atoms. The molecule has 0 fully saturated rings. The van der Waals surface area contributed by atoms with Crippen molar-refractivity contribution in [3.63, 3.8) is 0 Å². The minimum absolute atomic E-state index is 0. The van der Waals surface area contributed by atoms with Gasteiger partial charge in [0.25, 0.3) is 0 Å². The topological polar surface area (TPSA) is 47.6 Å². The van der Waals surface area contributed by atoms with E-state index in [2.05, 4.69) is 19.2 Å².